The Morgan fingerprint density at radius 2 is 2.75 bits per heavy atom. The summed E-state index contributed by atoms with van der Waals surface area (Å²) in [5.74, 6) is 0.324. The van der Waals surface area contributed by atoms with Crippen molar-refractivity contribution in [3.63, 3.8) is 0 Å². The van der Waals surface area contributed by atoms with Crippen LogP contribution in [0.4, 0.5) is 0 Å². The first-order valence-electron chi connectivity index (χ1n) is 3.35. The topological polar surface area (TPSA) is 35.5 Å². The Morgan fingerprint density at radius 3 is 3.25 bits per heavy atom. The zero-order valence-corrected chi connectivity index (χ0v) is 7.95. The highest BCUT2D eigenvalue weighted by atomic mass is 32.2. The molecule has 1 atom stereocenters. The number of thioether (sulfide) groups is 1. The van der Waals surface area contributed by atoms with Crippen LogP contribution >= 0.6 is 24.0 Å². The molecule has 1 aliphatic heterocycles. The number of carbonyl (C=O) groups excluding carboxylic acids is 1. The van der Waals surface area contributed by atoms with Crippen LogP contribution in [0.3, 0.4) is 0 Å². The number of esters is 1. The minimum atomic E-state index is -0.429. The third kappa shape index (κ3) is 2.83. The van der Waals surface area contributed by atoms with E-state index < -0.39 is 5.97 Å². The first kappa shape index (κ1) is 9.54. The molecule has 1 saturated heterocycles. The molecule has 0 aromatic heterocycles. The normalized spacial score (nSPS) is 21.7. The molecule has 5 heteroatoms. The molecule has 0 aromatic carbocycles. The molecule has 0 N–H and O–H groups in total. The average Bonchev–Trinajstić information content (AvgIpc) is 2.47. The van der Waals surface area contributed by atoms with Crippen molar-refractivity contribution in [1.82, 2.24) is 0 Å². The Hall–Kier alpha value is -0.550. The van der Waals surface area contributed by atoms with Gasteiger partial charge in [0, 0.05) is 11.8 Å². The van der Waals surface area contributed by atoms with Gasteiger partial charge in [0.1, 0.15) is 12.7 Å². The van der Waals surface area contributed by atoms with Gasteiger partial charge in [-0.2, -0.15) is 0 Å². The zero-order valence-electron chi connectivity index (χ0n) is 6.32. The molecule has 66 valence electrons. The van der Waals surface area contributed by atoms with Crippen LogP contribution in [0, 0.1) is 0 Å². The summed E-state index contributed by atoms with van der Waals surface area (Å²) in [5, 5.41) is 0. The minimum absolute atomic E-state index is 0.0913. The lowest BCUT2D eigenvalue weighted by Crippen LogP contribution is -2.19. The van der Waals surface area contributed by atoms with E-state index in [-0.39, 0.29) is 12.7 Å². The van der Waals surface area contributed by atoms with Gasteiger partial charge in [-0.25, -0.2) is 4.79 Å². The molecule has 1 rings (SSSR count). The molecule has 1 unspecified atom stereocenters. The van der Waals surface area contributed by atoms with Crippen LogP contribution in [0.5, 0.6) is 0 Å². The van der Waals surface area contributed by atoms with Gasteiger partial charge in [0.15, 0.2) is 0 Å². The summed E-state index contributed by atoms with van der Waals surface area (Å²) >= 11 is 6.24. The lowest BCUT2D eigenvalue weighted by molar-refractivity contribution is -0.139. The molecule has 1 heterocycles. The van der Waals surface area contributed by atoms with E-state index in [1.54, 1.807) is 0 Å². The second-order valence-electron chi connectivity index (χ2n) is 2.14. The monoisotopic (exact) mass is 204 g/mol. The molecule has 0 aromatic rings. The molecular formula is C7H8O3S2. The number of hydrogen-bond acceptors (Lipinski definition) is 5. The fourth-order valence-corrected chi connectivity index (χ4v) is 1.71. The van der Waals surface area contributed by atoms with Gasteiger partial charge >= 0.3 is 5.97 Å². The maximum absolute atomic E-state index is 10.6. The Morgan fingerprint density at radius 1 is 2.00 bits per heavy atom. The third-order valence-electron chi connectivity index (χ3n) is 1.23. The lowest BCUT2D eigenvalue weighted by Gasteiger charge is -2.07. The van der Waals surface area contributed by atoms with Crippen molar-refractivity contribution in [2.45, 2.75) is 6.10 Å². The van der Waals surface area contributed by atoms with Crippen molar-refractivity contribution >= 4 is 34.3 Å². The summed E-state index contributed by atoms with van der Waals surface area (Å²) in [6.07, 6.45) is 1.03. The van der Waals surface area contributed by atoms with Gasteiger partial charge in [0.25, 0.3) is 0 Å². The first-order valence-corrected chi connectivity index (χ1v) is 4.74. The summed E-state index contributed by atoms with van der Waals surface area (Å²) < 4.78 is 10.4. The first-order chi connectivity index (χ1) is 5.72. The van der Waals surface area contributed by atoms with Gasteiger partial charge in [0.2, 0.25) is 4.38 Å². The Labute approximate surface area is 80.1 Å². The summed E-state index contributed by atoms with van der Waals surface area (Å²) in [7, 11) is 0. The van der Waals surface area contributed by atoms with E-state index in [4.69, 9.17) is 21.7 Å². The summed E-state index contributed by atoms with van der Waals surface area (Å²) in [6, 6.07) is 0. The van der Waals surface area contributed by atoms with E-state index in [0.717, 1.165) is 11.8 Å². The van der Waals surface area contributed by atoms with E-state index in [9.17, 15) is 4.79 Å². The van der Waals surface area contributed by atoms with Gasteiger partial charge in [-0.05, 0) is 12.2 Å². The Kier molecular flexibility index (Phi) is 3.55. The third-order valence-corrected chi connectivity index (χ3v) is 2.55. The van der Waals surface area contributed by atoms with E-state index in [1.807, 2.05) is 0 Å². The Balaban J connectivity index is 2.20. The fraction of sp³-hybridized carbons (Fsp3) is 0.429. The maximum atomic E-state index is 10.6. The molecule has 0 bridgehead atoms. The number of hydrogen-bond donors (Lipinski definition) is 0. The number of ether oxygens (including phenoxy) is 2. The molecule has 12 heavy (non-hydrogen) atoms. The van der Waals surface area contributed by atoms with Crippen LogP contribution in [0.25, 0.3) is 0 Å². The average molecular weight is 204 g/mol. The van der Waals surface area contributed by atoms with Gasteiger partial charge < -0.3 is 9.47 Å². The van der Waals surface area contributed by atoms with E-state index in [0.29, 0.717) is 4.38 Å². The van der Waals surface area contributed by atoms with Crippen LogP contribution in [-0.4, -0.2) is 28.8 Å². The van der Waals surface area contributed by atoms with Gasteiger partial charge in [-0.3, -0.25) is 0 Å². The van der Waals surface area contributed by atoms with E-state index in [2.05, 4.69) is 6.58 Å². The second-order valence-corrected chi connectivity index (χ2v) is 3.76. The largest absolute Gasteiger partial charge is 0.471 e. The van der Waals surface area contributed by atoms with Crippen LogP contribution in [-0.2, 0) is 14.3 Å². The van der Waals surface area contributed by atoms with Crippen molar-refractivity contribution < 1.29 is 14.3 Å². The molecule has 1 fully saturated rings. The Bertz CT molecular complexity index is 215. The van der Waals surface area contributed by atoms with Crippen molar-refractivity contribution in [2.24, 2.45) is 0 Å². The lowest BCUT2D eigenvalue weighted by atomic mass is 10.4. The predicted molar refractivity (Wildman–Crippen MR) is 51.1 cm³/mol. The molecule has 1 aliphatic rings. The second kappa shape index (κ2) is 4.47. The zero-order chi connectivity index (χ0) is 8.97. The standard InChI is InChI=1S/C7H8O3S2/c1-2-6(8)9-3-5-4-12-7(11)10-5/h2,5H,1,3-4H2. The molecule has 0 spiro atoms. The van der Waals surface area contributed by atoms with Gasteiger partial charge in [0.05, 0.1) is 0 Å². The number of rotatable bonds is 3. The summed E-state index contributed by atoms with van der Waals surface area (Å²) in [5.41, 5.74) is 0. The minimum Gasteiger partial charge on any atom is -0.471 e. The molecule has 0 radical (unpaired) electrons. The molecule has 3 nitrogen and oxygen atoms in total. The van der Waals surface area contributed by atoms with Crippen LogP contribution in [0.1, 0.15) is 0 Å². The van der Waals surface area contributed by atoms with Crippen LogP contribution < -0.4 is 0 Å². The number of thiocarbonyl (C=S) groups is 1. The highest BCUT2D eigenvalue weighted by Gasteiger charge is 2.22. The van der Waals surface area contributed by atoms with E-state index >= 15 is 0 Å². The summed E-state index contributed by atoms with van der Waals surface area (Å²) in [6.45, 7) is 3.52. The maximum Gasteiger partial charge on any atom is 0.330 e. The molecule has 0 saturated carbocycles. The van der Waals surface area contributed by atoms with Crippen molar-refractivity contribution in [3.8, 4) is 0 Å². The SMILES string of the molecule is C=CC(=O)OCC1CSC(=S)O1. The van der Waals surface area contributed by atoms with Crippen LogP contribution in [0.2, 0.25) is 0 Å². The smallest absolute Gasteiger partial charge is 0.330 e. The predicted octanol–water partition coefficient (Wildman–Crippen LogP) is 1.13. The van der Waals surface area contributed by atoms with Gasteiger partial charge in [-0.1, -0.05) is 18.3 Å². The highest BCUT2D eigenvalue weighted by molar-refractivity contribution is 8.22. The fourth-order valence-electron chi connectivity index (χ4n) is 0.681. The number of carbonyl (C=O) groups is 1. The summed E-state index contributed by atoms with van der Waals surface area (Å²) in [4.78, 5) is 10.6. The quantitative estimate of drug-likeness (QED) is 0.391. The molecule has 0 aliphatic carbocycles. The van der Waals surface area contributed by atoms with Crippen molar-refractivity contribution in [1.29, 1.82) is 0 Å². The van der Waals surface area contributed by atoms with Gasteiger partial charge in [-0.15, -0.1) is 0 Å². The van der Waals surface area contributed by atoms with Crippen molar-refractivity contribution in [2.75, 3.05) is 12.4 Å². The highest BCUT2D eigenvalue weighted by Crippen LogP contribution is 2.19. The van der Waals surface area contributed by atoms with Crippen molar-refractivity contribution in [3.05, 3.63) is 12.7 Å². The van der Waals surface area contributed by atoms with E-state index in [1.165, 1.54) is 11.8 Å². The molecule has 0 amide bonds. The molecular weight excluding hydrogens is 196 g/mol. The van der Waals surface area contributed by atoms with Crippen LogP contribution in [0.15, 0.2) is 12.7 Å².